The van der Waals surface area contributed by atoms with Crippen molar-refractivity contribution in [1.29, 1.82) is 0 Å². The predicted molar refractivity (Wildman–Crippen MR) is 65.5 cm³/mol. The van der Waals surface area contributed by atoms with E-state index >= 15 is 0 Å². The number of aromatic carboxylic acids is 1. The van der Waals surface area contributed by atoms with Crippen molar-refractivity contribution in [2.45, 2.75) is 12.4 Å². The molecule has 5 nitrogen and oxygen atoms in total. The first kappa shape index (κ1) is 17.5. The van der Waals surface area contributed by atoms with Crippen LogP contribution in [-0.4, -0.2) is 21.0 Å². The molecule has 0 saturated carbocycles. The normalized spacial score (nSPS) is 12.1. The van der Waals surface area contributed by atoms with Gasteiger partial charge in [-0.2, -0.15) is 31.3 Å². The molecule has 0 unspecified atom stereocenters. The largest absolute Gasteiger partial charge is 0.477 e. The zero-order valence-electron chi connectivity index (χ0n) is 11.3. The van der Waals surface area contributed by atoms with Crippen molar-refractivity contribution < 1.29 is 41.0 Å². The summed E-state index contributed by atoms with van der Waals surface area (Å²) in [6.45, 7) is 0. The standard InChI is InChI=1S/C13H6F6N2O3/c14-12(15,16)6-2-1-3-7(4-6)24-9-8(10(22)23)5-20-11(21-9)13(17,18)19/h1-5H,(H,22,23). The molecule has 24 heavy (non-hydrogen) atoms. The van der Waals surface area contributed by atoms with Crippen molar-refractivity contribution in [3.8, 4) is 11.6 Å². The van der Waals surface area contributed by atoms with Gasteiger partial charge < -0.3 is 9.84 Å². The highest BCUT2D eigenvalue weighted by Gasteiger charge is 2.36. The van der Waals surface area contributed by atoms with Crippen LogP contribution < -0.4 is 4.74 Å². The van der Waals surface area contributed by atoms with Crippen molar-refractivity contribution in [2.75, 3.05) is 0 Å². The number of aromatic nitrogens is 2. The maximum atomic E-state index is 12.6. The Morgan fingerprint density at radius 1 is 1.08 bits per heavy atom. The molecule has 128 valence electrons. The van der Waals surface area contributed by atoms with Crippen LogP contribution in [0.15, 0.2) is 30.5 Å². The molecule has 0 radical (unpaired) electrons. The Hall–Kier alpha value is -2.85. The van der Waals surface area contributed by atoms with Crippen LogP contribution in [0.25, 0.3) is 0 Å². The van der Waals surface area contributed by atoms with Gasteiger partial charge in [-0.3, -0.25) is 0 Å². The second-order valence-electron chi connectivity index (χ2n) is 4.34. The number of alkyl halides is 6. The van der Waals surface area contributed by atoms with E-state index in [0.717, 1.165) is 12.1 Å². The number of hydrogen-bond acceptors (Lipinski definition) is 4. The fourth-order valence-electron chi connectivity index (χ4n) is 1.57. The summed E-state index contributed by atoms with van der Waals surface area (Å²) in [5, 5.41) is 8.90. The molecule has 2 aromatic rings. The summed E-state index contributed by atoms with van der Waals surface area (Å²) in [6.07, 6.45) is -9.33. The van der Waals surface area contributed by atoms with Crippen LogP contribution in [0.3, 0.4) is 0 Å². The number of benzene rings is 1. The molecule has 1 N–H and O–H groups in total. The summed E-state index contributed by atoms with van der Waals surface area (Å²) in [5.41, 5.74) is -1.96. The van der Waals surface area contributed by atoms with E-state index in [4.69, 9.17) is 9.84 Å². The van der Waals surface area contributed by atoms with E-state index in [0.29, 0.717) is 18.3 Å². The van der Waals surface area contributed by atoms with Gasteiger partial charge in [-0.15, -0.1) is 0 Å². The Kier molecular flexibility index (Phi) is 4.36. The Labute approximate surface area is 129 Å². The molecule has 0 atom stereocenters. The third-order valence-corrected chi connectivity index (χ3v) is 2.61. The van der Waals surface area contributed by atoms with Crippen LogP contribution in [0.1, 0.15) is 21.7 Å². The molecule has 0 bridgehead atoms. The van der Waals surface area contributed by atoms with Gasteiger partial charge in [0.1, 0.15) is 11.3 Å². The van der Waals surface area contributed by atoms with E-state index in [2.05, 4.69) is 9.97 Å². The van der Waals surface area contributed by atoms with Gasteiger partial charge in [-0.25, -0.2) is 9.78 Å². The lowest BCUT2D eigenvalue weighted by Crippen LogP contribution is -2.14. The number of carboxylic acid groups (broad SMARTS) is 1. The fourth-order valence-corrected chi connectivity index (χ4v) is 1.57. The summed E-state index contributed by atoms with van der Waals surface area (Å²) >= 11 is 0. The first-order valence-electron chi connectivity index (χ1n) is 6.01. The van der Waals surface area contributed by atoms with Gasteiger partial charge in [0.15, 0.2) is 0 Å². The lowest BCUT2D eigenvalue weighted by Gasteiger charge is -2.12. The molecule has 1 heterocycles. The van der Waals surface area contributed by atoms with Gasteiger partial charge in [0.05, 0.1) is 5.56 Å². The molecule has 0 spiro atoms. The molecule has 11 heteroatoms. The second kappa shape index (κ2) is 5.98. The molecule has 0 amide bonds. The predicted octanol–water partition coefficient (Wildman–Crippen LogP) is 4.00. The van der Waals surface area contributed by atoms with E-state index in [-0.39, 0.29) is 0 Å². The molecular formula is C13H6F6N2O3. The summed E-state index contributed by atoms with van der Waals surface area (Å²) in [6, 6.07) is 3.17. The van der Waals surface area contributed by atoms with Gasteiger partial charge >= 0.3 is 18.3 Å². The number of hydrogen-bond donors (Lipinski definition) is 1. The maximum absolute atomic E-state index is 12.6. The number of halogens is 6. The van der Waals surface area contributed by atoms with Crippen molar-refractivity contribution >= 4 is 5.97 Å². The molecule has 0 aliphatic heterocycles. The summed E-state index contributed by atoms with van der Waals surface area (Å²) < 4.78 is 80.4. The van der Waals surface area contributed by atoms with Gasteiger partial charge in [-0.1, -0.05) is 6.07 Å². The van der Waals surface area contributed by atoms with Crippen LogP contribution >= 0.6 is 0 Å². The van der Waals surface area contributed by atoms with Gasteiger partial charge in [0.2, 0.25) is 11.7 Å². The highest BCUT2D eigenvalue weighted by molar-refractivity contribution is 5.89. The Bertz CT molecular complexity index is 773. The highest BCUT2D eigenvalue weighted by Crippen LogP contribution is 2.34. The summed E-state index contributed by atoms with van der Waals surface area (Å²) in [5.74, 6) is -4.94. The number of carbonyl (C=O) groups is 1. The van der Waals surface area contributed by atoms with Crippen molar-refractivity contribution in [3.05, 3.63) is 47.4 Å². The van der Waals surface area contributed by atoms with Crippen LogP contribution in [0, 0.1) is 0 Å². The zero-order valence-corrected chi connectivity index (χ0v) is 11.3. The summed E-state index contributed by atoms with van der Waals surface area (Å²) in [4.78, 5) is 16.8. The van der Waals surface area contributed by atoms with Crippen LogP contribution in [0.4, 0.5) is 26.3 Å². The molecule has 0 saturated heterocycles. The average Bonchev–Trinajstić information content (AvgIpc) is 2.45. The van der Waals surface area contributed by atoms with E-state index < -0.39 is 46.9 Å². The number of rotatable bonds is 3. The molecule has 0 fully saturated rings. The minimum absolute atomic E-state index is 0.362. The monoisotopic (exact) mass is 352 g/mol. The minimum atomic E-state index is -4.98. The van der Waals surface area contributed by atoms with Crippen LogP contribution in [-0.2, 0) is 12.4 Å². The topological polar surface area (TPSA) is 72.3 Å². The first-order chi connectivity index (χ1) is 11.0. The van der Waals surface area contributed by atoms with Crippen molar-refractivity contribution in [3.63, 3.8) is 0 Å². The number of nitrogens with zero attached hydrogens (tertiary/aromatic N) is 2. The third-order valence-electron chi connectivity index (χ3n) is 2.61. The quantitative estimate of drug-likeness (QED) is 0.846. The van der Waals surface area contributed by atoms with Gasteiger partial charge in [0, 0.05) is 6.20 Å². The lowest BCUT2D eigenvalue weighted by atomic mass is 10.2. The molecular weight excluding hydrogens is 346 g/mol. The Morgan fingerprint density at radius 2 is 1.75 bits per heavy atom. The molecule has 0 aliphatic rings. The van der Waals surface area contributed by atoms with E-state index in [1.54, 1.807) is 0 Å². The summed E-state index contributed by atoms with van der Waals surface area (Å²) in [7, 11) is 0. The van der Waals surface area contributed by atoms with Crippen LogP contribution in [0.2, 0.25) is 0 Å². The second-order valence-corrected chi connectivity index (χ2v) is 4.34. The third kappa shape index (κ3) is 3.91. The van der Waals surface area contributed by atoms with Crippen molar-refractivity contribution in [1.82, 2.24) is 9.97 Å². The Morgan fingerprint density at radius 3 is 2.29 bits per heavy atom. The van der Waals surface area contributed by atoms with E-state index in [9.17, 15) is 31.1 Å². The highest BCUT2D eigenvalue weighted by atomic mass is 19.4. The van der Waals surface area contributed by atoms with Gasteiger partial charge in [-0.05, 0) is 18.2 Å². The SMILES string of the molecule is O=C(O)c1cnc(C(F)(F)F)nc1Oc1cccc(C(F)(F)F)c1. The van der Waals surface area contributed by atoms with Crippen molar-refractivity contribution in [2.24, 2.45) is 0 Å². The van der Waals surface area contributed by atoms with E-state index in [1.165, 1.54) is 0 Å². The van der Waals surface area contributed by atoms with Crippen LogP contribution in [0.5, 0.6) is 11.6 Å². The smallest absolute Gasteiger partial charge is 0.451 e. The zero-order chi connectivity index (χ0) is 18.1. The molecule has 1 aromatic heterocycles. The Balaban J connectivity index is 2.46. The molecule has 2 rings (SSSR count). The molecule has 1 aromatic carbocycles. The van der Waals surface area contributed by atoms with E-state index in [1.807, 2.05) is 0 Å². The maximum Gasteiger partial charge on any atom is 0.451 e. The van der Waals surface area contributed by atoms with Gasteiger partial charge in [0.25, 0.3) is 0 Å². The number of carboxylic acids is 1. The molecule has 0 aliphatic carbocycles. The minimum Gasteiger partial charge on any atom is -0.477 e. The number of ether oxygens (including phenoxy) is 1. The fraction of sp³-hybridized carbons (Fsp3) is 0.154. The first-order valence-corrected chi connectivity index (χ1v) is 6.01. The average molecular weight is 352 g/mol. The lowest BCUT2D eigenvalue weighted by molar-refractivity contribution is -0.145.